The number of ether oxygens (including phenoxy) is 1. The number of nitrogens with zero attached hydrogens (tertiary/aromatic N) is 1. The highest BCUT2D eigenvalue weighted by Gasteiger charge is 2.25. The minimum absolute atomic E-state index is 0.0808. The number of esters is 1. The zero-order valence-electron chi connectivity index (χ0n) is 15.0. The van der Waals surface area contributed by atoms with Crippen molar-refractivity contribution in [2.75, 3.05) is 13.6 Å². The summed E-state index contributed by atoms with van der Waals surface area (Å²) in [6.07, 6.45) is 0.603. The smallest absolute Gasteiger partial charge is 0.326 e. The van der Waals surface area contributed by atoms with Gasteiger partial charge in [0.25, 0.3) is 10.0 Å². The summed E-state index contributed by atoms with van der Waals surface area (Å²) in [6.45, 7) is -0.405. The van der Waals surface area contributed by atoms with Crippen LogP contribution in [0.3, 0.4) is 0 Å². The highest BCUT2D eigenvalue weighted by Crippen LogP contribution is 2.28. The van der Waals surface area contributed by atoms with Gasteiger partial charge in [-0.1, -0.05) is 60.1 Å². The van der Waals surface area contributed by atoms with Crippen LogP contribution in [0.4, 0.5) is 0 Å². The number of benzene rings is 2. The molecule has 1 aromatic heterocycles. The van der Waals surface area contributed by atoms with Crippen LogP contribution >= 0.6 is 22.9 Å². The molecule has 146 valence electrons. The van der Waals surface area contributed by atoms with Crippen molar-refractivity contribution in [1.29, 1.82) is 0 Å². The largest absolute Gasteiger partial charge is 0.425 e. The maximum Gasteiger partial charge on any atom is 0.326 e. The van der Waals surface area contributed by atoms with E-state index in [1.165, 1.54) is 19.2 Å². The van der Waals surface area contributed by atoms with E-state index < -0.39 is 22.5 Å². The minimum Gasteiger partial charge on any atom is -0.425 e. The van der Waals surface area contributed by atoms with Crippen LogP contribution in [0.15, 0.2) is 70.9 Å². The van der Waals surface area contributed by atoms with Crippen molar-refractivity contribution in [3.8, 4) is 5.75 Å². The second-order valence-electron chi connectivity index (χ2n) is 6.06. The number of hydrogen-bond donors (Lipinski definition) is 0. The van der Waals surface area contributed by atoms with Crippen LogP contribution in [0.25, 0.3) is 0 Å². The number of rotatable bonds is 7. The Bertz CT molecular complexity index is 1060. The average Bonchev–Trinajstić information content (AvgIpc) is 3.11. The predicted octanol–water partition coefficient (Wildman–Crippen LogP) is 4.22. The van der Waals surface area contributed by atoms with Crippen LogP contribution < -0.4 is 4.74 Å². The number of halogens is 1. The molecule has 5 nitrogen and oxygen atoms in total. The summed E-state index contributed by atoms with van der Waals surface area (Å²) >= 11 is 6.75. The van der Waals surface area contributed by atoms with Gasteiger partial charge >= 0.3 is 5.97 Å². The molecule has 0 aliphatic carbocycles. The highest BCUT2D eigenvalue weighted by atomic mass is 35.5. The molecule has 0 fully saturated rings. The Morgan fingerprint density at radius 3 is 2.39 bits per heavy atom. The number of likely N-dealkylation sites (N-methyl/N-ethyl adjacent to an activating group) is 1. The monoisotopic (exact) mass is 435 g/mol. The fourth-order valence-corrected chi connectivity index (χ4v) is 5.39. The van der Waals surface area contributed by atoms with Gasteiger partial charge in [-0.2, -0.15) is 4.31 Å². The van der Waals surface area contributed by atoms with Crippen molar-refractivity contribution in [3.63, 3.8) is 0 Å². The van der Waals surface area contributed by atoms with Crippen LogP contribution in [0.5, 0.6) is 5.75 Å². The van der Waals surface area contributed by atoms with E-state index in [0.29, 0.717) is 16.5 Å². The second-order valence-corrected chi connectivity index (χ2v) is 10.1. The molecular formula is C20H18ClNO4S2. The molecule has 0 unspecified atom stereocenters. The first-order valence-electron chi connectivity index (χ1n) is 8.40. The molecule has 3 aromatic rings. The fraction of sp³-hybridized carbons (Fsp3) is 0.150. The number of para-hydroxylation sites is 1. The Kier molecular flexibility index (Phi) is 6.51. The zero-order valence-corrected chi connectivity index (χ0v) is 17.4. The molecule has 3 rings (SSSR count). The maximum absolute atomic E-state index is 12.5. The summed E-state index contributed by atoms with van der Waals surface area (Å²) in [6, 6.07) is 19.9. The first-order chi connectivity index (χ1) is 13.4. The molecule has 0 N–H and O–H groups in total. The molecule has 0 radical (unpaired) electrons. The van der Waals surface area contributed by atoms with Crippen LogP contribution in [0.1, 0.15) is 11.1 Å². The third-order valence-electron chi connectivity index (χ3n) is 4.00. The van der Waals surface area contributed by atoms with Crippen molar-refractivity contribution >= 4 is 38.9 Å². The summed E-state index contributed by atoms with van der Waals surface area (Å²) in [4.78, 5) is 12.4. The number of hydrogen-bond acceptors (Lipinski definition) is 5. The Morgan fingerprint density at radius 2 is 1.71 bits per heavy atom. The third kappa shape index (κ3) is 4.99. The van der Waals surface area contributed by atoms with Gasteiger partial charge in [0.2, 0.25) is 0 Å². The summed E-state index contributed by atoms with van der Waals surface area (Å²) in [7, 11) is -2.46. The van der Waals surface area contributed by atoms with E-state index in [4.69, 9.17) is 16.3 Å². The zero-order chi connectivity index (χ0) is 20.1. The van der Waals surface area contributed by atoms with Crippen molar-refractivity contribution in [2.24, 2.45) is 0 Å². The van der Waals surface area contributed by atoms with Crippen molar-refractivity contribution in [2.45, 2.75) is 10.6 Å². The SMILES string of the molecule is CN(CC(=O)Oc1ccccc1Cc1ccccc1)S(=O)(=O)c1ccc(Cl)s1. The lowest BCUT2D eigenvalue weighted by atomic mass is 10.0. The molecule has 0 atom stereocenters. The molecule has 2 aromatic carbocycles. The second kappa shape index (κ2) is 8.87. The van der Waals surface area contributed by atoms with Gasteiger partial charge in [0.1, 0.15) is 16.5 Å². The number of thiophene rings is 1. The van der Waals surface area contributed by atoms with E-state index in [-0.39, 0.29) is 4.21 Å². The molecular weight excluding hydrogens is 418 g/mol. The average molecular weight is 436 g/mol. The fourth-order valence-electron chi connectivity index (χ4n) is 2.58. The Morgan fingerprint density at radius 1 is 1.04 bits per heavy atom. The standard InChI is InChI=1S/C20H18ClNO4S2/c1-22(28(24,25)20-12-11-18(21)27-20)14-19(23)26-17-10-6-5-9-16(17)13-15-7-3-2-4-8-15/h2-12H,13-14H2,1H3. The van der Waals surface area contributed by atoms with Gasteiger partial charge in [-0.05, 0) is 29.3 Å². The molecule has 0 saturated carbocycles. The molecule has 0 amide bonds. The van der Waals surface area contributed by atoms with Gasteiger partial charge in [0, 0.05) is 13.5 Å². The Hall–Kier alpha value is -2.19. The van der Waals surface area contributed by atoms with Crippen molar-refractivity contribution < 1.29 is 17.9 Å². The first kappa shape index (κ1) is 20.5. The van der Waals surface area contributed by atoms with Gasteiger partial charge < -0.3 is 4.74 Å². The van der Waals surface area contributed by atoms with Gasteiger partial charge in [-0.25, -0.2) is 8.42 Å². The molecule has 8 heteroatoms. The predicted molar refractivity (Wildman–Crippen MR) is 110 cm³/mol. The quantitative estimate of drug-likeness (QED) is 0.411. The third-order valence-corrected chi connectivity index (χ3v) is 7.50. The van der Waals surface area contributed by atoms with E-state index >= 15 is 0 Å². The molecule has 1 heterocycles. The van der Waals surface area contributed by atoms with Crippen LogP contribution in [0, 0.1) is 0 Å². The van der Waals surface area contributed by atoms with E-state index in [1.807, 2.05) is 42.5 Å². The summed E-state index contributed by atoms with van der Waals surface area (Å²) in [5, 5.41) is 0. The van der Waals surface area contributed by atoms with Crippen molar-refractivity contribution in [1.82, 2.24) is 4.31 Å². The Balaban J connectivity index is 1.70. The lowest BCUT2D eigenvalue weighted by Crippen LogP contribution is -2.33. The maximum atomic E-state index is 12.5. The molecule has 0 bridgehead atoms. The van der Waals surface area contributed by atoms with E-state index in [1.54, 1.807) is 12.1 Å². The Labute approximate surface area is 173 Å². The van der Waals surface area contributed by atoms with E-state index in [2.05, 4.69) is 0 Å². The number of carbonyl (C=O) groups excluding carboxylic acids is 1. The van der Waals surface area contributed by atoms with Gasteiger partial charge in [-0.3, -0.25) is 4.79 Å². The van der Waals surface area contributed by atoms with Gasteiger partial charge in [0.05, 0.1) is 4.34 Å². The van der Waals surface area contributed by atoms with Gasteiger partial charge in [-0.15, -0.1) is 11.3 Å². The molecule has 0 aliphatic rings. The van der Waals surface area contributed by atoms with E-state index in [0.717, 1.165) is 26.8 Å². The van der Waals surface area contributed by atoms with Crippen LogP contribution in [0.2, 0.25) is 4.34 Å². The highest BCUT2D eigenvalue weighted by molar-refractivity contribution is 7.91. The summed E-state index contributed by atoms with van der Waals surface area (Å²) in [5.41, 5.74) is 1.93. The summed E-state index contributed by atoms with van der Waals surface area (Å²) in [5.74, 6) is -0.240. The van der Waals surface area contributed by atoms with Crippen molar-refractivity contribution in [3.05, 3.63) is 82.2 Å². The number of sulfonamides is 1. The van der Waals surface area contributed by atoms with Crippen LogP contribution in [-0.2, 0) is 21.2 Å². The minimum atomic E-state index is -3.80. The molecule has 0 spiro atoms. The first-order valence-corrected chi connectivity index (χ1v) is 11.0. The van der Waals surface area contributed by atoms with E-state index in [9.17, 15) is 13.2 Å². The number of carbonyl (C=O) groups is 1. The molecule has 0 aliphatic heterocycles. The lowest BCUT2D eigenvalue weighted by molar-refractivity contribution is -0.134. The molecule has 28 heavy (non-hydrogen) atoms. The van der Waals surface area contributed by atoms with Gasteiger partial charge in [0.15, 0.2) is 0 Å². The topological polar surface area (TPSA) is 63.7 Å². The lowest BCUT2D eigenvalue weighted by Gasteiger charge is -2.16. The molecule has 0 saturated heterocycles. The normalized spacial score (nSPS) is 11.5. The van der Waals surface area contributed by atoms with Crippen LogP contribution in [-0.4, -0.2) is 32.3 Å². The summed E-state index contributed by atoms with van der Waals surface area (Å²) < 4.78 is 31.9.